The fourth-order valence-electron chi connectivity index (χ4n) is 1.35. The summed E-state index contributed by atoms with van der Waals surface area (Å²) in [4.78, 5) is 11.4. The zero-order valence-electron chi connectivity index (χ0n) is 8.05. The molecule has 3 unspecified atom stereocenters. The Bertz CT molecular complexity index is 184. The number of carbonyl (C=O) groups excluding carboxylic acids is 1. The van der Waals surface area contributed by atoms with E-state index >= 15 is 0 Å². The largest absolute Gasteiger partial charge is 0.365 e. The number of nitrogens with one attached hydrogen (secondary N) is 1. The molecule has 1 rings (SSSR count). The van der Waals surface area contributed by atoms with E-state index in [9.17, 15) is 4.79 Å². The Morgan fingerprint density at radius 2 is 2.38 bits per heavy atom. The van der Waals surface area contributed by atoms with Gasteiger partial charge in [0.25, 0.3) is 0 Å². The molecule has 0 aliphatic carbocycles. The molecule has 0 aromatic carbocycles. The van der Waals surface area contributed by atoms with Crippen molar-refractivity contribution < 1.29 is 9.53 Å². The highest BCUT2D eigenvalue weighted by Gasteiger charge is 2.27. The van der Waals surface area contributed by atoms with Crippen LogP contribution in [0.2, 0.25) is 0 Å². The third kappa shape index (κ3) is 3.53. The molecule has 1 heterocycles. The topological polar surface area (TPSA) is 38.3 Å². The maximum atomic E-state index is 11.4. The van der Waals surface area contributed by atoms with Gasteiger partial charge in [0.2, 0.25) is 5.91 Å². The van der Waals surface area contributed by atoms with Crippen molar-refractivity contribution in [3.05, 3.63) is 0 Å². The van der Waals surface area contributed by atoms with Crippen LogP contribution in [-0.2, 0) is 9.53 Å². The van der Waals surface area contributed by atoms with Gasteiger partial charge in [-0.25, -0.2) is 0 Å². The number of rotatable bonds is 3. The van der Waals surface area contributed by atoms with E-state index in [-0.39, 0.29) is 23.5 Å². The molecule has 1 N–H and O–H groups in total. The number of alkyl halides is 1. The lowest BCUT2D eigenvalue weighted by Gasteiger charge is -2.12. The summed E-state index contributed by atoms with van der Waals surface area (Å²) >= 11 is 5.70. The van der Waals surface area contributed by atoms with Crippen molar-refractivity contribution in [2.45, 2.75) is 44.3 Å². The zero-order chi connectivity index (χ0) is 9.84. The molecule has 0 bridgehead atoms. The van der Waals surface area contributed by atoms with Gasteiger partial charge in [0, 0.05) is 11.9 Å². The number of carbonyl (C=O) groups is 1. The summed E-state index contributed by atoms with van der Waals surface area (Å²) in [5, 5.41) is 2.72. The van der Waals surface area contributed by atoms with Crippen molar-refractivity contribution in [1.29, 1.82) is 0 Å². The molecule has 0 saturated carbocycles. The summed E-state index contributed by atoms with van der Waals surface area (Å²) in [5.74, 6) is -0.0307. The highest BCUT2D eigenvalue weighted by molar-refractivity contribution is 6.20. The molecule has 13 heavy (non-hydrogen) atoms. The van der Waals surface area contributed by atoms with Crippen LogP contribution in [0.5, 0.6) is 0 Å². The van der Waals surface area contributed by atoms with Crippen LogP contribution in [0.25, 0.3) is 0 Å². The minimum atomic E-state index is -0.259. The Hall–Kier alpha value is -0.280. The highest BCUT2D eigenvalue weighted by Crippen LogP contribution is 2.18. The minimum absolute atomic E-state index is 0.0252. The van der Waals surface area contributed by atoms with Crippen LogP contribution in [-0.4, -0.2) is 30.0 Å². The van der Waals surface area contributed by atoms with Gasteiger partial charge in [0.1, 0.15) is 6.10 Å². The van der Waals surface area contributed by atoms with Gasteiger partial charge in [-0.05, 0) is 26.7 Å². The number of hydrogen-bond donors (Lipinski definition) is 1. The van der Waals surface area contributed by atoms with Gasteiger partial charge >= 0.3 is 0 Å². The molecule has 1 fully saturated rings. The number of ether oxygens (including phenoxy) is 1. The summed E-state index contributed by atoms with van der Waals surface area (Å²) in [5.41, 5.74) is 0. The number of hydrogen-bond acceptors (Lipinski definition) is 2. The lowest BCUT2D eigenvalue weighted by molar-refractivity contribution is -0.131. The van der Waals surface area contributed by atoms with E-state index in [1.807, 2.05) is 13.8 Å². The first-order valence-electron chi connectivity index (χ1n) is 4.67. The van der Waals surface area contributed by atoms with Crippen molar-refractivity contribution in [2.75, 3.05) is 6.54 Å². The van der Waals surface area contributed by atoms with Gasteiger partial charge in [-0.15, -0.1) is 11.6 Å². The molecule has 1 aliphatic rings. The van der Waals surface area contributed by atoms with E-state index in [1.165, 1.54) is 0 Å². The second kappa shape index (κ2) is 4.82. The van der Waals surface area contributed by atoms with Gasteiger partial charge in [-0.2, -0.15) is 0 Å². The highest BCUT2D eigenvalue weighted by atomic mass is 35.5. The Balaban J connectivity index is 2.24. The van der Waals surface area contributed by atoms with E-state index in [1.54, 1.807) is 0 Å². The van der Waals surface area contributed by atoms with E-state index in [2.05, 4.69) is 5.32 Å². The normalized spacial score (nSPS) is 30.1. The summed E-state index contributed by atoms with van der Waals surface area (Å²) in [7, 11) is 0. The van der Waals surface area contributed by atoms with Crippen molar-refractivity contribution in [3.8, 4) is 0 Å². The maximum absolute atomic E-state index is 11.4. The quantitative estimate of drug-likeness (QED) is 0.706. The molecular formula is C9H16ClNO2. The molecule has 1 aliphatic heterocycles. The average molecular weight is 206 g/mol. The molecule has 1 saturated heterocycles. The number of halogens is 1. The third-order valence-electron chi connectivity index (χ3n) is 2.08. The van der Waals surface area contributed by atoms with E-state index < -0.39 is 0 Å². The van der Waals surface area contributed by atoms with Crippen LogP contribution in [0.1, 0.15) is 26.7 Å². The van der Waals surface area contributed by atoms with Gasteiger partial charge in [0.05, 0.1) is 6.10 Å². The SMILES string of the molecule is CC(Cl)CNC(=O)C1CCC(C)O1. The van der Waals surface area contributed by atoms with Crippen LogP contribution in [0.3, 0.4) is 0 Å². The van der Waals surface area contributed by atoms with Crippen LogP contribution in [0.15, 0.2) is 0 Å². The smallest absolute Gasteiger partial charge is 0.249 e. The van der Waals surface area contributed by atoms with Crippen molar-refractivity contribution >= 4 is 17.5 Å². The van der Waals surface area contributed by atoms with Crippen LogP contribution >= 0.6 is 11.6 Å². The second-order valence-corrected chi connectivity index (χ2v) is 4.28. The zero-order valence-corrected chi connectivity index (χ0v) is 8.80. The molecule has 3 atom stereocenters. The Morgan fingerprint density at radius 3 is 2.85 bits per heavy atom. The lowest BCUT2D eigenvalue weighted by atomic mass is 10.2. The Kier molecular flexibility index (Phi) is 4.00. The lowest BCUT2D eigenvalue weighted by Crippen LogP contribution is -2.37. The van der Waals surface area contributed by atoms with E-state index in [4.69, 9.17) is 16.3 Å². The predicted octanol–water partition coefficient (Wildman–Crippen LogP) is 1.30. The standard InChI is InChI=1S/C9H16ClNO2/c1-6(10)5-11-9(12)8-4-3-7(2)13-8/h6-8H,3-5H2,1-2H3,(H,11,12). The molecule has 1 amide bonds. The molecule has 0 aromatic rings. The Labute approximate surface area is 83.8 Å². The first-order valence-corrected chi connectivity index (χ1v) is 5.10. The molecular weight excluding hydrogens is 190 g/mol. The predicted molar refractivity (Wildman–Crippen MR) is 51.9 cm³/mol. The molecule has 0 aromatic heterocycles. The monoisotopic (exact) mass is 205 g/mol. The van der Waals surface area contributed by atoms with E-state index in [0.717, 1.165) is 12.8 Å². The van der Waals surface area contributed by atoms with Gasteiger partial charge < -0.3 is 10.1 Å². The number of amides is 1. The molecule has 0 radical (unpaired) electrons. The van der Waals surface area contributed by atoms with Crippen LogP contribution in [0, 0.1) is 0 Å². The van der Waals surface area contributed by atoms with Crippen molar-refractivity contribution in [1.82, 2.24) is 5.32 Å². The second-order valence-electron chi connectivity index (χ2n) is 3.54. The van der Waals surface area contributed by atoms with Gasteiger partial charge in [-0.1, -0.05) is 0 Å². The third-order valence-corrected chi connectivity index (χ3v) is 2.24. The average Bonchev–Trinajstić information content (AvgIpc) is 2.47. The van der Waals surface area contributed by atoms with Crippen LogP contribution < -0.4 is 5.32 Å². The van der Waals surface area contributed by atoms with E-state index in [0.29, 0.717) is 6.54 Å². The summed E-state index contributed by atoms with van der Waals surface area (Å²) in [6, 6.07) is 0. The molecule has 3 nitrogen and oxygen atoms in total. The summed E-state index contributed by atoms with van der Waals surface area (Å²) in [6.45, 7) is 4.34. The first-order chi connectivity index (χ1) is 6.09. The molecule has 0 spiro atoms. The van der Waals surface area contributed by atoms with Gasteiger partial charge in [0.15, 0.2) is 0 Å². The van der Waals surface area contributed by atoms with Crippen molar-refractivity contribution in [3.63, 3.8) is 0 Å². The first kappa shape index (κ1) is 10.8. The fourth-order valence-corrected chi connectivity index (χ4v) is 1.43. The van der Waals surface area contributed by atoms with Crippen molar-refractivity contribution in [2.24, 2.45) is 0 Å². The van der Waals surface area contributed by atoms with Gasteiger partial charge in [-0.3, -0.25) is 4.79 Å². The van der Waals surface area contributed by atoms with Crippen LogP contribution in [0.4, 0.5) is 0 Å². The Morgan fingerprint density at radius 1 is 1.69 bits per heavy atom. The minimum Gasteiger partial charge on any atom is -0.365 e. The summed E-state index contributed by atoms with van der Waals surface area (Å²) in [6.07, 6.45) is 1.74. The molecule has 4 heteroatoms. The fraction of sp³-hybridized carbons (Fsp3) is 0.889. The maximum Gasteiger partial charge on any atom is 0.249 e. The summed E-state index contributed by atoms with van der Waals surface area (Å²) < 4.78 is 5.40. The molecule has 76 valence electrons.